The van der Waals surface area contributed by atoms with E-state index in [9.17, 15) is 13.2 Å². The molecule has 1 N–H and O–H groups in total. The fourth-order valence-corrected chi connectivity index (χ4v) is 4.74. The largest absolute Gasteiger partial charge is 0.495 e. The molecule has 1 heterocycles. The summed E-state index contributed by atoms with van der Waals surface area (Å²) in [5, 5.41) is 2.95. The fourth-order valence-electron chi connectivity index (χ4n) is 2.97. The van der Waals surface area contributed by atoms with Crippen LogP contribution in [0.15, 0.2) is 23.1 Å². The van der Waals surface area contributed by atoms with Gasteiger partial charge in [0.2, 0.25) is 15.9 Å². The van der Waals surface area contributed by atoms with E-state index in [1.807, 2.05) is 33.8 Å². The molecule has 0 bridgehead atoms. The average molecular weight is 368 g/mol. The van der Waals surface area contributed by atoms with Crippen LogP contribution in [0.25, 0.3) is 0 Å². The van der Waals surface area contributed by atoms with Gasteiger partial charge in [-0.1, -0.05) is 6.07 Å². The summed E-state index contributed by atoms with van der Waals surface area (Å²) in [7, 11) is -2.25. The number of sulfonamides is 1. The third-order valence-corrected chi connectivity index (χ3v) is 6.08. The molecule has 1 aliphatic heterocycles. The predicted octanol–water partition coefficient (Wildman–Crippen LogP) is 2.32. The smallest absolute Gasteiger partial charge is 0.246 e. The normalized spacial score (nSPS) is 19.5. The van der Waals surface area contributed by atoms with Crippen molar-refractivity contribution in [2.75, 3.05) is 20.2 Å². The molecule has 1 aliphatic rings. The number of hydrogen-bond acceptors (Lipinski definition) is 4. The van der Waals surface area contributed by atoms with Crippen molar-refractivity contribution < 1.29 is 17.9 Å². The van der Waals surface area contributed by atoms with Crippen LogP contribution in [0, 0.1) is 12.8 Å². The highest BCUT2D eigenvalue weighted by Gasteiger charge is 2.35. The number of piperidine rings is 1. The molecule has 0 spiro atoms. The number of hydrogen-bond donors (Lipinski definition) is 1. The second-order valence-corrected chi connectivity index (χ2v) is 9.50. The minimum atomic E-state index is -3.71. The van der Waals surface area contributed by atoms with E-state index in [0.717, 1.165) is 5.56 Å². The van der Waals surface area contributed by atoms with Crippen LogP contribution in [0.1, 0.15) is 39.2 Å². The van der Waals surface area contributed by atoms with Crippen molar-refractivity contribution in [2.45, 2.75) is 51.0 Å². The van der Waals surface area contributed by atoms with Gasteiger partial charge in [-0.2, -0.15) is 4.31 Å². The molecule has 140 valence electrons. The summed E-state index contributed by atoms with van der Waals surface area (Å²) in [5.74, 6) is -0.103. The minimum Gasteiger partial charge on any atom is -0.495 e. The summed E-state index contributed by atoms with van der Waals surface area (Å²) in [6, 6.07) is 5.09. The van der Waals surface area contributed by atoms with Gasteiger partial charge in [0.25, 0.3) is 0 Å². The molecule has 1 amide bonds. The maximum atomic E-state index is 13.1. The summed E-state index contributed by atoms with van der Waals surface area (Å²) >= 11 is 0. The van der Waals surface area contributed by atoms with E-state index in [1.54, 1.807) is 12.1 Å². The van der Waals surface area contributed by atoms with Crippen molar-refractivity contribution >= 4 is 15.9 Å². The number of rotatable bonds is 4. The molecule has 0 aromatic heterocycles. The molecule has 25 heavy (non-hydrogen) atoms. The van der Waals surface area contributed by atoms with E-state index in [2.05, 4.69) is 5.32 Å². The van der Waals surface area contributed by atoms with Gasteiger partial charge < -0.3 is 10.1 Å². The lowest BCUT2D eigenvalue weighted by Crippen LogP contribution is -2.49. The first-order chi connectivity index (χ1) is 11.5. The van der Waals surface area contributed by atoms with Gasteiger partial charge >= 0.3 is 0 Å². The fraction of sp³-hybridized carbons (Fsp3) is 0.611. The Balaban J connectivity index is 2.25. The Morgan fingerprint density at radius 1 is 1.32 bits per heavy atom. The molecule has 1 atom stereocenters. The van der Waals surface area contributed by atoms with Gasteiger partial charge in [0.1, 0.15) is 10.6 Å². The lowest BCUT2D eigenvalue weighted by atomic mass is 9.97. The Labute approximate surface area is 150 Å². The third-order valence-electron chi connectivity index (χ3n) is 4.19. The third kappa shape index (κ3) is 4.73. The number of benzene rings is 1. The van der Waals surface area contributed by atoms with Crippen molar-refractivity contribution in [1.82, 2.24) is 9.62 Å². The lowest BCUT2D eigenvalue weighted by Gasteiger charge is -2.33. The maximum Gasteiger partial charge on any atom is 0.246 e. The Kier molecular flexibility index (Phi) is 5.79. The number of amides is 1. The van der Waals surface area contributed by atoms with Crippen molar-refractivity contribution in [3.63, 3.8) is 0 Å². The van der Waals surface area contributed by atoms with Crippen molar-refractivity contribution in [3.05, 3.63) is 23.8 Å². The number of ether oxygens (including phenoxy) is 1. The molecule has 1 aromatic rings. The number of nitrogens with zero attached hydrogens (tertiary/aromatic N) is 1. The standard InChI is InChI=1S/C18H28N2O4S/c1-13-8-9-15(24-5)16(11-13)25(22,23)20-10-6-7-14(12-20)17(21)19-18(2,3)4/h8-9,11,14H,6-7,10,12H2,1-5H3,(H,19,21)/t14-/m1/s1. The first-order valence-corrected chi connectivity index (χ1v) is 9.95. The van der Waals surface area contributed by atoms with Crippen LogP contribution in [0.2, 0.25) is 0 Å². The van der Waals surface area contributed by atoms with E-state index < -0.39 is 10.0 Å². The number of nitrogens with one attached hydrogen (secondary N) is 1. The van der Waals surface area contributed by atoms with Crippen LogP contribution in [0.3, 0.4) is 0 Å². The Morgan fingerprint density at radius 2 is 2.00 bits per heavy atom. The zero-order valence-corrected chi connectivity index (χ0v) is 16.4. The van der Waals surface area contributed by atoms with Gasteiger partial charge in [-0.05, 0) is 58.2 Å². The van der Waals surface area contributed by atoms with Gasteiger partial charge in [0.15, 0.2) is 0 Å². The monoisotopic (exact) mass is 368 g/mol. The van der Waals surface area contributed by atoms with Crippen LogP contribution in [-0.4, -0.2) is 44.4 Å². The molecule has 0 unspecified atom stereocenters. The summed E-state index contributed by atoms with van der Waals surface area (Å²) in [5.41, 5.74) is 0.510. The molecule has 7 heteroatoms. The molecular weight excluding hydrogens is 340 g/mol. The van der Waals surface area contributed by atoms with Gasteiger partial charge in [-0.15, -0.1) is 0 Å². The summed E-state index contributed by atoms with van der Waals surface area (Å²) in [6.07, 6.45) is 1.36. The Morgan fingerprint density at radius 3 is 2.60 bits per heavy atom. The number of methoxy groups -OCH3 is 1. The van der Waals surface area contributed by atoms with Gasteiger partial charge in [-0.3, -0.25) is 4.79 Å². The summed E-state index contributed by atoms with van der Waals surface area (Å²) < 4.78 is 32.8. The molecule has 0 saturated carbocycles. The molecule has 6 nitrogen and oxygen atoms in total. The highest BCUT2D eigenvalue weighted by Crippen LogP contribution is 2.30. The van der Waals surface area contributed by atoms with Crippen molar-refractivity contribution in [3.8, 4) is 5.75 Å². The van der Waals surface area contributed by atoms with Crippen molar-refractivity contribution in [1.29, 1.82) is 0 Å². The molecular formula is C18H28N2O4S. The zero-order chi connectivity index (χ0) is 18.8. The SMILES string of the molecule is COc1ccc(C)cc1S(=O)(=O)N1CCC[C@@H](C(=O)NC(C)(C)C)C1. The molecule has 0 radical (unpaired) electrons. The van der Waals surface area contributed by atoms with E-state index in [4.69, 9.17) is 4.74 Å². The lowest BCUT2D eigenvalue weighted by molar-refractivity contribution is -0.127. The quantitative estimate of drug-likeness (QED) is 0.885. The van der Waals surface area contributed by atoms with E-state index in [1.165, 1.54) is 11.4 Å². The van der Waals surface area contributed by atoms with Gasteiger partial charge in [0.05, 0.1) is 13.0 Å². The highest BCUT2D eigenvalue weighted by molar-refractivity contribution is 7.89. The minimum absolute atomic E-state index is 0.0939. The maximum absolute atomic E-state index is 13.1. The number of carbonyl (C=O) groups excluding carboxylic acids is 1. The van der Waals surface area contributed by atoms with Crippen LogP contribution >= 0.6 is 0 Å². The van der Waals surface area contributed by atoms with Gasteiger partial charge in [0, 0.05) is 18.6 Å². The highest BCUT2D eigenvalue weighted by atomic mass is 32.2. The Hall–Kier alpha value is -1.60. The Bertz CT molecular complexity index is 738. The first kappa shape index (κ1) is 19.7. The zero-order valence-electron chi connectivity index (χ0n) is 15.6. The number of carbonyl (C=O) groups is 1. The molecule has 2 rings (SSSR count). The average Bonchev–Trinajstić information content (AvgIpc) is 2.53. The summed E-state index contributed by atoms with van der Waals surface area (Å²) in [6.45, 7) is 8.20. The number of aryl methyl sites for hydroxylation is 1. The van der Waals surface area contributed by atoms with Crippen LogP contribution < -0.4 is 10.1 Å². The molecule has 1 aromatic carbocycles. The summed E-state index contributed by atoms with van der Waals surface area (Å²) in [4.78, 5) is 12.6. The molecule has 1 saturated heterocycles. The second kappa shape index (κ2) is 7.33. The predicted molar refractivity (Wildman–Crippen MR) is 97.1 cm³/mol. The van der Waals surface area contributed by atoms with E-state index in [-0.39, 0.29) is 28.8 Å². The second-order valence-electron chi connectivity index (χ2n) is 7.60. The molecule has 1 fully saturated rings. The molecule has 0 aliphatic carbocycles. The first-order valence-electron chi connectivity index (χ1n) is 8.51. The van der Waals surface area contributed by atoms with Crippen LogP contribution in [-0.2, 0) is 14.8 Å². The van der Waals surface area contributed by atoms with E-state index in [0.29, 0.717) is 25.1 Å². The topological polar surface area (TPSA) is 75.7 Å². The van der Waals surface area contributed by atoms with Crippen LogP contribution in [0.5, 0.6) is 5.75 Å². The van der Waals surface area contributed by atoms with Gasteiger partial charge in [-0.25, -0.2) is 8.42 Å². The van der Waals surface area contributed by atoms with Crippen molar-refractivity contribution in [2.24, 2.45) is 5.92 Å². The van der Waals surface area contributed by atoms with Crippen LogP contribution in [0.4, 0.5) is 0 Å². The van der Waals surface area contributed by atoms with E-state index >= 15 is 0 Å².